The lowest BCUT2D eigenvalue weighted by Crippen LogP contribution is -2.49. The molecule has 3 nitrogen and oxygen atoms in total. The maximum atomic E-state index is 7.47. The minimum absolute atomic E-state index is 0.0774. The molecule has 5 aliphatic rings. The number of rotatable bonds is 2. The van der Waals surface area contributed by atoms with E-state index in [1.54, 1.807) is 5.57 Å². The van der Waals surface area contributed by atoms with Crippen LogP contribution in [0.5, 0.6) is 11.5 Å². The number of fused-ring (bicyclic) bond motifs is 14. The van der Waals surface area contributed by atoms with Gasteiger partial charge < -0.3 is 14.1 Å². The van der Waals surface area contributed by atoms with Crippen molar-refractivity contribution in [2.75, 3.05) is 4.90 Å². The molecule has 4 bridgehead atoms. The largest absolute Gasteiger partial charge is 0.456 e. The molecule has 324 valence electrons. The van der Waals surface area contributed by atoms with Crippen LogP contribution in [0.2, 0.25) is 0 Å². The summed E-state index contributed by atoms with van der Waals surface area (Å²) < 4.78 is 18.1. The van der Waals surface area contributed by atoms with Crippen molar-refractivity contribution in [1.29, 1.82) is 0 Å². The Labute approximate surface area is 401 Å². The smallest absolute Gasteiger partial charge is 0.140 e. The molecule has 3 aromatic heterocycles. The molecule has 0 fully saturated rings. The first-order chi connectivity index (χ1) is 33.3. The molecule has 0 N–H and O–H groups in total. The van der Waals surface area contributed by atoms with Gasteiger partial charge in [0.25, 0.3) is 0 Å². The number of furan rings is 1. The molecule has 8 aromatic carbocycles. The monoisotopic (exact) mass is 909 g/mol. The van der Waals surface area contributed by atoms with E-state index in [1.165, 1.54) is 85.4 Å². The van der Waals surface area contributed by atoms with Crippen molar-refractivity contribution in [2.45, 2.75) is 44.6 Å². The topological polar surface area (TPSA) is 25.6 Å². The summed E-state index contributed by atoms with van der Waals surface area (Å²) >= 11 is 3.90. The quantitative estimate of drug-likeness (QED) is 0.162. The highest BCUT2D eigenvalue weighted by molar-refractivity contribution is 7.25. The molecule has 0 saturated carbocycles. The summed E-state index contributed by atoms with van der Waals surface area (Å²) in [6.07, 6.45) is 0. The number of benzene rings is 8. The van der Waals surface area contributed by atoms with Crippen LogP contribution in [-0.4, -0.2) is 0 Å². The zero-order chi connectivity index (χ0) is 44.9. The van der Waals surface area contributed by atoms with Crippen molar-refractivity contribution in [3.8, 4) is 22.6 Å². The Morgan fingerprint density at radius 1 is 0.500 bits per heavy atom. The van der Waals surface area contributed by atoms with Crippen LogP contribution in [-0.2, 0) is 11.0 Å². The molecule has 2 aliphatic heterocycles. The molecule has 5 heterocycles. The fourth-order valence-corrected chi connectivity index (χ4v) is 17.1. The summed E-state index contributed by atoms with van der Waals surface area (Å²) in [4.78, 5) is 4.21. The lowest BCUT2D eigenvalue weighted by molar-refractivity contribution is 0.419. The summed E-state index contributed by atoms with van der Waals surface area (Å²) in [6, 6.07) is 63.8. The van der Waals surface area contributed by atoms with Crippen molar-refractivity contribution >= 4 is 91.8 Å². The van der Waals surface area contributed by atoms with Gasteiger partial charge in [0, 0.05) is 86.3 Å². The van der Waals surface area contributed by atoms with Gasteiger partial charge >= 0.3 is 0 Å². The third-order valence-corrected chi connectivity index (χ3v) is 19.4. The highest BCUT2D eigenvalue weighted by atomic mass is 32.1. The predicted molar refractivity (Wildman–Crippen MR) is 283 cm³/mol. The van der Waals surface area contributed by atoms with Crippen LogP contribution in [0.25, 0.3) is 68.9 Å². The second-order valence-electron chi connectivity index (χ2n) is 20.0. The summed E-state index contributed by atoms with van der Waals surface area (Å²) in [5.74, 6) is 2.29. The van der Waals surface area contributed by atoms with Crippen LogP contribution >= 0.6 is 22.7 Å². The Balaban J connectivity index is 1.11. The van der Waals surface area contributed by atoms with E-state index >= 15 is 0 Å². The van der Waals surface area contributed by atoms with Crippen LogP contribution in [0.4, 0.5) is 11.4 Å². The van der Waals surface area contributed by atoms with Gasteiger partial charge in [-0.1, -0.05) is 136 Å². The first-order valence-electron chi connectivity index (χ1n) is 24.0. The first kappa shape index (κ1) is 37.9. The molecule has 1 spiro atoms. The highest BCUT2D eigenvalue weighted by Crippen LogP contribution is 2.72. The minimum Gasteiger partial charge on any atom is -0.456 e. The SMILES string of the molecule is CC1C2=C3C(C)C4=C1C(C)c1c(sc5ccccc15)C4(C)N(c1ccc4c(c1)sc1ccccc14)c1cc(-c4ccc5c(c4)oc4ccccc45)c4c(c1)C3(c1ccccc1O4)c1ccccc12. The van der Waals surface area contributed by atoms with Crippen LogP contribution < -0.4 is 9.64 Å². The maximum Gasteiger partial charge on any atom is 0.140 e. The molecule has 0 saturated heterocycles. The normalized spacial score (nSPS) is 22.9. The van der Waals surface area contributed by atoms with Gasteiger partial charge in [0.1, 0.15) is 22.7 Å². The lowest BCUT2D eigenvalue weighted by atomic mass is 9.55. The van der Waals surface area contributed by atoms with Crippen molar-refractivity contribution in [3.63, 3.8) is 0 Å². The molecule has 5 heteroatoms. The Kier molecular flexibility index (Phi) is 7.16. The Morgan fingerprint density at radius 3 is 2.06 bits per heavy atom. The number of thiophene rings is 2. The average molecular weight is 910 g/mol. The lowest BCUT2D eigenvalue weighted by Gasteiger charge is -2.53. The minimum atomic E-state index is -0.618. The van der Waals surface area contributed by atoms with Gasteiger partial charge in [-0.05, 0) is 112 Å². The zero-order valence-electron chi connectivity index (χ0n) is 38.0. The summed E-state index contributed by atoms with van der Waals surface area (Å²) in [5.41, 5.74) is 17.8. The fourth-order valence-electron chi connectivity index (χ4n) is 14.5. The maximum absolute atomic E-state index is 7.47. The average Bonchev–Trinajstić information content (AvgIpc) is 4.13. The number of anilines is 2. The fraction of sp³-hybridized carbons (Fsp3) is 0.143. The molecular weight excluding hydrogens is 867 g/mol. The second-order valence-corrected chi connectivity index (χ2v) is 22.1. The number of hydrogen-bond acceptors (Lipinski definition) is 5. The van der Waals surface area contributed by atoms with E-state index in [-0.39, 0.29) is 17.8 Å². The molecule has 0 radical (unpaired) electrons. The standard InChI is InChI=1S/C63H43NO2S2/c1-33-55-34(2)57-44-18-8-14-24-53(44)68-61(57)62(4)58(55)35(3)59-56(33)43-17-5-9-19-46(43)63(59)47-20-10-12-22-50(47)66-60-45(36-25-27-40-39-15-6-11-21-49(39)65-51(40)29-36)30-38(31-48(60)63)64(62)37-26-28-42-41-16-7-13-23-52(41)67-54(42)32-37/h5-35H,1-4H3. The number of para-hydroxylation sites is 2. The zero-order valence-corrected chi connectivity index (χ0v) is 39.6. The number of hydrogen-bond donors (Lipinski definition) is 0. The number of allylic oxidation sites excluding steroid dienone is 3. The second kappa shape index (κ2) is 12.9. The number of ether oxygens (including phenoxy) is 1. The summed E-state index contributed by atoms with van der Waals surface area (Å²) in [6.45, 7) is 10.2. The predicted octanol–water partition coefficient (Wildman–Crippen LogP) is 17.8. The molecule has 0 amide bonds. The van der Waals surface area contributed by atoms with Crippen molar-refractivity contribution in [1.82, 2.24) is 0 Å². The van der Waals surface area contributed by atoms with Crippen LogP contribution in [0.3, 0.4) is 0 Å². The van der Waals surface area contributed by atoms with Gasteiger partial charge in [-0.2, -0.15) is 0 Å². The van der Waals surface area contributed by atoms with Crippen LogP contribution in [0.15, 0.2) is 191 Å². The summed E-state index contributed by atoms with van der Waals surface area (Å²) in [7, 11) is 0. The Hall–Kier alpha value is -7.18. The number of nitrogens with zero attached hydrogens (tertiary/aromatic N) is 1. The van der Waals surface area contributed by atoms with Crippen molar-refractivity contribution in [3.05, 3.63) is 219 Å². The third kappa shape index (κ3) is 4.38. The van der Waals surface area contributed by atoms with Gasteiger partial charge in [0.2, 0.25) is 0 Å². The molecule has 16 rings (SSSR count). The van der Waals surface area contributed by atoms with Gasteiger partial charge in [-0.15, -0.1) is 22.7 Å². The van der Waals surface area contributed by atoms with Crippen LogP contribution in [0.1, 0.15) is 66.3 Å². The molecule has 11 aromatic rings. The van der Waals surface area contributed by atoms with Gasteiger partial charge in [0.15, 0.2) is 0 Å². The van der Waals surface area contributed by atoms with E-state index in [0.717, 1.165) is 50.3 Å². The van der Waals surface area contributed by atoms with Crippen molar-refractivity contribution < 1.29 is 9.15 Å². The van der Waals surface area contributed by atoms with E-state index in [0.29, 0.717) is 0 Å². The first-order valence-corrected chi connectivity index (χ1v) is 25.7. The molecule has 3 aliphatic carbocycles. The van der Waals surface area contributed by atoms with E-state index in [4.69, 9.17) is 9.15 Å². The Morgan fingerprint density at radius 2 is 1.19 bits per heavy atom. The van der Waals surface area contributed by atoms with E-state index in [2.05, 4.69) is 202 Å². The highest BCUT2D eigenvalue weighted by Gasteiger charge is 2.62. The Bertz CT molecular complexity index is 4180. The van der Waals surface area contributed by atoms with Gasteiger partial charge in [0.05, 0.1) is 11.0 Å². The van der Waals surface area contributed by atoms with E-state index < -0.39 is 11.0 Å². The van der Waals surface area contributed by atoms with E-state index in [1.807, 2.05) is 22.7 Å². The van der Waals surface area contributed by atoms with E-state index in [9.17, 15) is 0 Å². The van der Waals surface area contributed by atoms with Crippen molar-refractivity contribution in [2.24, 2.45) is 11.8 Å². The third-order valence-electron chi connectivity index (χ3n) is 16.9. The van der Waals surface area contributed by atoms with Gasteiger partial charge in [-0.25, -0.2) is 0 Å². The van der Waals surface area contributed by atoms with Gasteiger partial charge in [-0.3, -0.25) is 0 Å². The molecular formula is C63H43NO2S2. The van der Waals surface area contributed by atoms with Crippen LogP contribution in [0, 0.1) is 11.8 Å². The molecule has 5 atom stereocenters. The molecule has 68 heavy (non-hydrogen) atoms. The molecule has 5 unspecified atom stereocenters. The summed E-state index contributed by atoms with van der Waals surface area (Å²) in [5, 5.41) is 6.24.